The van der Waals surface area contributed by atoms with E-state index in [9.17, 15) is 4.79 Å². The number of hydrogen-bond donors (Lipinski definition) is 1. The van der Waals surface area contributed by atoms with Gasteiger partial charge in [-0.05, 0) is 48.1 Å². The summed E-state index contributed by atoms with van der Waals surface area (Å²) in [6, 6.07) is 11.7. The third-order valence-electron chi connectivity index (χ3n) is 5.03. The van der Waals surface area contributed by atoms with Crippen LogP contribution in [0.1, 0.15) is 38.8 Å². The minimum atomic E-state index is -0.0242. The highest BCUT2D eigenvalue weighted by Crippen LogP contribution is 2.35. The fourth-order valence-electron chi connectivity index (χ4n) is 3.41. The van der Waals surface area contributed by atoms with E-state index in [1.54, 1.807) is 12.1 Å². The van der Waals surface area contributed by atoms with E-state index in [1.807, 2.05) is 10.6 Å². The van der Waals surface area contributed by atoms with Crippen molar-refractivity contribution in [1.82, 2.24) is 20.1 Å². The van der Waals surface area contributed by atoms with E-state index in [4.69, 9.17) is 23.2 Å². The number of benzene rings is 2. The molecule has 0 radical (unpaired) electrons. The van der Waals surface area contributed by atoms with Crippen LogP contribution in [0.2, 0.25) is 10.0 Å². The standard InChI is InChI=1S/C24H28Cl2N4OS/c1-5-16-8-7-9-17(6-2)22(16)30-23(19-11-10-18(25)12-20(19)26)28-29-24(30)32-14-21(31)27-13-15(3)4/h7-12,15H,5-6,13-14H2,1-4H3,(H,27,31). The van der Waals surface area contributed by atoms with Crippen LogP contribution in [0.3, 0.4) is 0 Å². The fraction of sp³-hybridized carbons (Fsp3) is 0.375. The monoisotopic (exact) mass is 490 g/mol. The average Bonchev–Trinajstić information content (AvgIpc) is 3.18. The van der Waals surface area contributed by atoms with Crippen molar-refractivity contribution in [1.29, 1.82) is 0 Å². The number of aromatic nitrogens is 3. The molecular formula is C24H28Cl2N4OS. The maximum atomic E-state index is 12.4. The zero-order chi connectivity index (χ0) is 23.3. The number of para-hydroxylation sites is 1. The van der Waals surface area contributed by atoms with Gasteiger partial charge in [0.05, 0.1) is 16.5 Å². The number of hydrogen-bond acceptors (Lipinski definition) is 4. The van der Waals surface area contributed by atoms with Crippen LogP contribution < -0.4 is 5.32 Å². The number of nitrogens with zero attached hydrogens (tertiary/aromatic N) is 3. The van der Waals surface area contributed by atoms with Gasteiger partial charge in [-0.3, -0.25) is 9.36 Å². The van der Waals surface area contributed by atoms with Crippen LogP contribution in [-0.4, -0.2) is 33.0 Å². The van der Waals surface area contributed by atoms with Gasteiger partial charge in [-0.1, -0.05) is 80.9 Å². The van der Waals surface area contributed by atoms with Gasteiger partial charge in [0, 0.05) is 17.1 Å². The highest BCUT2D eigenvalue weighted by atomic mass is 35.5. The maximum Gasteiger partial charge on any atom is 0.230 e. The summed E-state index contributed by atoms with van der Waals surface area (Å²) in [5, 5.41) is 13.6. The molecule has 2 aromatic carbocycles. The molecule has 0 saturated carbocycles. The van der Waals surface area contributed by atoms with E-state index in [2.05, 4.69) is 61.4 Å². The summed E-state index contributed by atoms with van der Waals surface area (Å²) < 4.78 is 2.03. The lowest BCUT2D eigenvalue weighted by Gasteiger charge is -2.18. The van der Waals surface area contributed by atoms with Gasteiger partial charge in [0.25, 0.3) is 0 Å². The van der Waals surface area contributed by atoms with Gasteiger partial charge in [-0.2, -0.15) is 0 Å². The number of amides is 1. The van der Waals surface area contributed by atoms with Gasteiger partial charge in [0.1, 0.15) is 0 Å². The Kier molecular flexibility index (Phi) is 8.63. The summed E-state index contributed by atoms with van der Waals surface area (Å²) in [5.41, 5.74) is 4.16. The second-order valence-corrected chi connectivity index (χ2v) is 9.67. The van der Waals surface area contributed by atoms with Crippen molar-refractivity contribution in [2.24, 2.45) is 5.92 Å². The van der Waals surface area contributed by atoms with Crippen LogP contribution in [0.5, 0.6) is 0 Å². The third-order valence-corrected chi connectivity index (χ3v) is 6.51. The normalized spacial score (nSPS) is 11.2. The first-order valence-electron chi connectivity index (χ1n) is 10.8. The first kappa shape index (κ1) is 24.6. The predicted molar refractivity (Wildman–Crippen MR) is 134 cm³/mol. The molecule has 0 aliphatic heterocycles. The second-order valence-electron chi connectivity index (χ2n) is 7.88. The number of carbonyl (C=O) groups excluding carboxylic acids is 1. The average molecular weight is 491 g/mol. The molecule has 3 aromatic rings. The first-order chi connectivity index (χ1) is 15.3. The molecule has 1 N–H and O–H groups in total. The highest BCUT2D eigenvalue weighted by molar-refractivity contribution is 7.99. The Balaban J connectivity index is 2.10. The number of aryl methyl sites for hydroxylation is 2. The molecule has 0 saturated heterocycles. The molecule has 0 fully saturated rings. The Morgan fingerprint density at radius 1 is 1.09 bits per heavy atom. The fourth-order valence-corrected chi connectivity index (χ4v) is 4.67. The summed E-state index contributed by atoms with van der Waals surface area (Å²) in [6.45, 7) is 9.05. The minimum absolute atomic E-state index is 0.0242. The SMILES string of the molecule is CCc1cccc(CC)c1-n1c(SCC(=O)NCC(C)C)nnc1-c1ccc(Cl)cc1Cl. The minimum Gasteiger partial charge on any atom is -0.355 e. The van der Waals surface area contributed by atoms with Crippen molar-refractivity contribution in [3.63, 3.8) is 0 Å². The lowest BCUT2D eigenvalue weighted by atomic mass is 10.0. The zero-order valence-corrected chi connectivity index (χ0v) is 21.1. The Morgan fingerprint density at radius 2 is 1.78 bits per heavy atom. The highest BCUT2D eigenvalue weighted by Gasteiger charge is 2.22. The van der Waals surface area contributed by atoms with Crippen LogP contribution in [0.15, 0.2) is 41.6 Å². The lowest BCUT2D eigenvalue weighted by molar-refractivity contribution is -0.118. The summed E-state index contributed by atoms with van der Waals surface area (Å²) >= 11 is 14.0. The molecule has 1 amide bonds. The molecule has 1 aromatic heterocycles. The van der Waals surface area contributed by atoms with E-state index in [-0.39, 0.29) is 11.7 Å². The van der Waals surface area contributed by atoms with Gasteiger partial charge in [0.2, 0.25) is 5.91 Å². The zero-order valence-electron chi connectivity index (χ0n) is 18.8. The topological polar surface area (TPSA) is 59.8 Å². The van der Waals surface area contributed by atoms with Crippen LogP contribution in [0.4, 0.5) is 0 Å². The van der Waals surface area contributed by atoms with E-state index in [1.165, 1.54) is 22.9 Å². The van der Waals surface area contributed by atoms with Gasteiger partial charge >= 0.3 is 0 Å². The second kappa shape index (κ2) is 11.2. The van der Waals surface area contributed by atoms with Crippen molar-refractivity contribution in [2.45, 2.75) is 45.7 Å². The van der Waals surface area contributed by atoms with E-state index in [0.717, 1.165) is 24.1 Å². The van der Waals surface area contributed by atoms with Crippen LogP contribution in [-0.2, 0) is 17.6 Å². The molecule has 170 valence electrons. The summed E-state index contributed by atoms with van der Waals surface area (Å²) in [7, 11) is 0. The van der Waals surface area contributed by atoms with Crippen molar-refractivity contribution < 1.29 is 4.79 Å². The predicted octanol–water partition coefficient (Wildman–Crippen LogP) is 6.23. The summed E-state index contributed by atoms with van der Waals surface area (Å²) in [5.74, 6) is 1.26. The van der Waals surface area contributed by atoms with Crippen LogP contribution >= 0.6 is 35.0 Å². The Hall–Kier alpha value is -2.02. The quantitative estimate of drug-likeness (QED) is 0.361. The van der Waals surface area contributed by atoms with Crippen molar-refractivity contribution in [3.05, 3.63) is 57.6 Å². The van der Waals surface area contributed by atoms with Crippen molar-refractivity contribution >= 4 is 40.9 Å². The van der Waals surface area contributed by atoms with Gasteiger partial charge < -0.3 is 5.32 Å². The molecule has 0 spiro atoms. The molecule has 0 unspecified atom stereocenters. The molecular weight excluding hydrogens is 463 g/mol. The molecule has 0 atom stereocenters. The molecule has 5 nitrogen and oxygen atoms in total. The van der Waals surface area contributed by atoms with Crippen molar-refractivity contribution in [3.8, 4) is 17.1 Å². The maximum absolute atomic E-state index is 12.4. The molecule has 0 aliphatic carbocycles. The van der Waals surface area contributed by atoms with Gasteiger partial charge in [-0.25, -0.2) is 0 Å². The van der Waals surface area contributed by atoms with Gasteiger partial charge in [0.15, 0.2) is 11.0 Å². The molecule has 8 heteroatoms. The molecule has 0 bridgehead atoms. The van der Waals surface area contributed by atoms with E-state index < -0.39 is 0 Å². The number of nitrogens with one attached hydrogen (secondary N) is 1. The molecule has 1 heterocycles. The first-order valence-corrected chi connectivity index (χ1v) is 12.5. The number of rotatable bonds is 9. The third kappa shape index (κ3) is 5.66. The largest absolute Gasteiger partial charge is 0.355 e. The van der Waals surface area contributed by atoms with Crippen LogP contribution in [0.25, 0.3) is 17.1 Å². The lowest BCUT2D eigenvalue weighted by Crippen LogP contribution is -2.28. The van der Waals surface area contributed by atoms with Crippen molar-refractivity contribution in [2.75, 3.05) is 12.3 Å². The number of carbonyl (C=O) groups is 1. The molecule has 32 heavy (non-hydrogen) atoms. The Morgan fingerprint density at radius 3 is 2.38 bits per heavy atom. The smallest absolute Gasteiger partial charge is 0.230 e. The molecule has 3 rings (SSSR count). The Labute approximate surface area is 203 Å². The Bertz CT molecular complexity index is 1080. The number of halogens is 2. The van der Waals surface area contributed by atoms with E-state index >= 15 is 0 Å². The molecule has 0 aliphatic rings. The van der Waals surface area contributed by atoms with Gasteiger partial charge in [-0.15, -0.1) is 10.2 Å². The summed E-state index contributed by atoms with van der Waals surface area (Å²) in [4.78, 5) is 12.4. The summed E-state index contributed by atoms with van der Waals surface area (Å²) in [6.07, 6.45) is 1.71. The van der Waals surface area contributed by atoms with Crippen LogP contribution in [0, 0.1) is 5.92 Å². The number of thioether (sulfide) groups is 1. The van der Waals surface area contributed by atoms with E-state index in [0.29, 0.717) is 33.5 Å².